The predicted octanol–water partition coefficient (Wildman–Crippen LogP) is -0.171. The van der Waals surface area contributed by atoms with E-state index in [9.17, 15) is 0 Å². The molecule has 2 rings (SSSR count). The van der Waals surface area contributed by atoms with Crippen molar-refractivity contribution in [1.82, 2.24) is 15.3 Å². The van der Waals surface area contributed by atoms with Gasteiger partial charge in [-0.15, -0.1) is 0 Å². The van der Waals surface area contributed by atoms with Crippen molar-refractivity contribution in [2.24, 2.45) is 5.10 Å². The minimum absolute atomic E-state index is 0.724. The molecule has 1 aliphatic heterocycles. The topological polar surface area (TPSA) is 53.7 Å². The maximum atomic E-state index is 4.83. The summed E-state index contributed by atoms with van der Waals surface area (Å²) in [5.41, 5.74) is 3.60. The molecule has 0 atom stereocenters. The van der Waals surface area contributed by atoms with Gasteiger partial charge in [0.05, 0.1) is 0 Å². The molecule has 0 radical (unpaired) electrons. The van der Waals surface area contributed by atoms with Crippen LogP contribution in [0, 0.1) is 0 Å². The molecule has 5 nitrogen and oxygen atoms in total. The first-order valence-electron chi connectivity index (χ1n) is 3.28. The molecule has 5 heteroatoms. The zero-order valence-corrected chi connectivity index (χ0v) is 6.11. The lowest BCUT2D eigenvalue weighted by Crippen LogP contribution is -2.25. The van der Waals surface area contributed by atoms with Gasteiger partial charge in [0.1, 0.15) is 18.6 Å². The Labute approximate surface area is 63.7 Å². The molecule has 1 aliphatic rings. The minimum Gasteiger partial charge on any atom is -0.451 e. The van der Waals surface area contributed by atoms with E-state index in [0.29, 0.717) is 0 Å². The molecular formula is C6H8N4O. The van der Waals surface area contributed by atoms with Gasteiger partial charge in [-0.25, -0.2) is 4.98 Å². The summed E-state index contributed by atoms with van der Waals surface area (Å²) in [6.07, 6.45) is 2.96. The summed E-state index contributed by atoms with van der Waals surface area (Å²) in [7, 11) is 1.94. The highest BCUT2D eigenvalue weighted by molar-refractivity contribution is 5.97. The Bertz CT molecular complexity index is 266. The number of rotatable bonds is 1. The second-order valence-corrected chi connectivity index (χ2v) is 2.32. The molecular weight excluding hydrogens is 144 g/mol. The molecule has 0 spiro atoms. The van der Waals surface area contributed by atoms with Crippen molar-refractivity contribution in [3.8, 4) is 0 Å². The van der Waals surface area contributed by atoms with Crippen LogP contribution in [0.2, 0.25) is 0 Å². The Morgan fingerprint density at radius 2 is 2.64 bits per heavy atom. The minimum atomic E-state index is 0.724. The van der Waals surface area contributed by atoms with E-state index in [1.165, 1.54) is 6.39 Å². The number of amidine groups is 1. The van der Waals surface area contributed by atoms with Crippen LogP contribution >= 0.6 is 0 Å². The largest absolute Gasteiger partial charge is 0.451 e. The third-order valence-electron chi connectivity index (χ3n) is 1.52. The predicted molar refractivity (Wildman–Crippen MR) is 38.8 cm³/mol. The first kappa shape index (κ1) is 6.21. The maximum Gasteiger partial charge on any atom is 0.181 e. The van der Waals surface area contributed by atoms with Crippen LogP contribution in [0.3, 0.4) is 0 Å². The normalized spacial score (nSPS) is 16.5. The van der Waals surface area contributed by atoms with Crippen LogP contribution in [-0.2, 0) is 0 Å². The molecule has 0 bridgehead atoms. The maximum absolute atomic E-state index is 4.83. The van der Waals surface area contributed by atoms with Gasteiger partial charge >= 0.3 is 0 Å². The molecule has 2 heterocycles. The molecule has 58 valence electrons. The summed E-state index contributed by atoms with van der Waals surface area (Å²) in [5, 5.41) is 4.03. The van der Waals surface area contributed by atoms with E-state index in [1.54, 1.807) is 6.26 Å². The standard InChI is InChI=1S/C6H8N4O/c1-10-3-8-9-6(10)5-2-11-4-7-5/h2,4,8H,3H2,1H3. The van der Waals surface area contributed by atoms with E-state index in [1.807, 2.05) is 11.9 Å². The first-order chi connectivity index (χ1) is 5.38. The average Bonchev–Trinajstić information content (AvgIpc) is 2.55. The van der Waals surface area contributed by atoms with Crippen LogP contribution in [0.4, 0.5) is 0 Å². The van der Waals surface area contributed by atoms with E-state index in [-0.39, 0.29) is 0 Å². The molecule has 1 N–H and O–H groups in total. The lowest BCUT2D eigenvalue weighted by molar-refractivity contribution is 0.505. The van der Waals surface area contributed by atoms with Crippen molar-refractivity contribution in [2.45, 2.75) is 0 Å². The molecule has 0 saturated carbocycles. The number of oxazole rings is 1. The number of nitrogens with zero attached hydrogens (tertiary/aromatic N) is 3. The summed E-state index contributed by atoms with van der Waals surface area (Å²) >= 11 is 0. The number of hydrazone groups is 1. The van der Waals surface area contributed by atoms with E-state index in [0.717, 1.165) is 18.2 Å². The molecule has 0 unspecified atom stereocenters. The number of nitrogens with one attached hydrogen (secondary N) is 1. The molecule has 1 aromatic heterocycles. The Morgan fingerprint density at radius 1 is 1.73 bits per heavy atom. The van der Waals surface area contributed by atoms with Crippen molar-refractivity contribution < 1.29 is 4.42 Å². The van der Waals surface area contributed by atoms with E-state index in [2.05, 4.69) is 15.5 Å². The van der Waals surface area contributed by atoms with Crippen LogP contribution < -0.4 is 5.43 Å². The third kappa shape index (κ3) is 0.938. The zero-order chi connectivity index (χ0) is 7.68. The zero-order valence-electron chi connectivity index (χ0n) is 6.11. The summed E-state index contributed by atoms with van der Waals surface area (Å²) in [6, 6.07) is 0. The van der Waals surface area contributed by atoms with Gasteiger partial charge in [-0.2, -0.15) is 5.10 Å². The van der Waals surface area contributed by atoms with Crippen LogP contribution in [0.15, 0.2) is 22.2 Å². The average molecular weight is 152 g/mol. The van der Waals surface area contributed by atoms with Crippen molar-refractivity contribution >= 4 is 5.84 Å². The lowest BCUT2D eigenvalue weighted by atomic mass is 10.4. The second kappa shape index (κ2) is 2.26. The monoisotopic (exact) mass is 152 g/mol. The van der Waals surface area contributed by atoms with Crippen LogP contribution in [-0.4, -0.2) is 29.4 Å². The number of hydrogen-bond donors (Lipinski definition) is 1. The molecule has 0 aliphatic carbocycles. The quantitative estimate of drug-likeness (QED) is 0.607. The fourth-order valence-corrected chi connectivity index (χ4v) is 0.952. The SMILES string of the molecule is CN1CNN=C1c1cocn1. The van der Waals surface area contributed by atoms with Crippen molar-refractivity contribution in [1.29, 1.82) is 0 Å². The molecule has 0 amide bonds. The van der Waals surface area contributed by atoms with Crippen LogP contribution in [0.25, 0.3) is 0 Å². The third-order valence-corrected chi connectivity index (χ3v) is 1.52. The molecule has 0 fully saturated rings. The summed E-state index contributed by atoms with van der Waals surface area (Å²) in [5.74, 6) is 0.818. The summed E-state index contributed by atoms with van der Waals surface area (Å²) in [6.45, 7) is 0.724. The Morgan fingerprint density at radius 3 is 3.18 bits per heavy atom. The Balaban J connectivity index is 2.30. The van der Waals surface area contributed by atoms with Crippen molar-refractivity contribution in [3.05, 3.63) is 18.4 Å². The highest BCUT2D eigenvalue weighted by Crippen LogP contribution is 2.03. The Hall–Kier alpha value is -1.52. The van der Waals surface area contributed by atoms with E-state index < -0.39 is 0 Å². The highest BCUT2D eigenvalue weighted by atomic mass is 16.3. The van der Waals surface area contributed by atoms with Gasteiger partial charge in [-0.3, -0.25) is 5.43 Å². The van der Waals surface area contributed by atoms with E-state index >= 15 is 0 Å². The molecule has 11 heavy (non-hydrogen) atoms. The second-order valence-electron chi connectivity index (χ2n) is 2.32. The smallest absolute Gasteiger partial charge is 0.181 e. The van der Waals surface area contributed by atoms with Gasteiger partial charge in [0.25, 0.3) is 0 Å². The van der Waals surface area contributed by atoms with Crippen LogP contribution in [0.1, 0.15) is 5.69 Å². The summed E-state index contributed by atoms with van der Waals surface area (Å²) < 4.78 is 4.83. The molecule has 0 aromatic carbocycles. The number of aromatic nitrogens is 1. The van der Waals surface area contributed by atoms with E-state index in [4.69, 9.17) is 4.42 Å². The van der Waals surface area contributed by atoms with Gasteiger partial charge < -0.3 is 9.32 Å². The highest BCUT2D eigenvalue weighted by Gasteiger charge is 2.16. The van der Waals surface area contributed by atoms with Crippen molar-refractivity contribution in [3.63, 3.8) is 0 Å². The fourth-order valence-electron chi connectivity index (χ4n) is 0.952. The Kier molecular flexibility index (Phi) is 1.28. The van der Waals surface area contributed by atoms with Gasteiger partial charge in [-0.05, 0) is 0 Å². The van der Waals surface area contributed by atoms with Crippen molar-refractivity contribution in [2.75, 3.05) is 13.7 Å². The van der Waals surface area contributed by atoms with Crippen LogP contribution in [0.5, 0.6) is 0 Å². The summed E-state index contributed by atoms with van der Waals surface area (Å²) in [4.78, 5) is 5.93. The molecule has 1 aromatic rings. The molecule has 0 saturated heterocycles. The number of hydrogen-bond acceptors (Lipinski definition) is 5. The van der Waals surface area contributed by atoms with Gasteiger partial charge in [0, 0.05) is 7.05 Å². The fraction of sp³-hybridized carbons (Fsp3) is 0.333. The lowest BCUT2D eigenvalue weighted by Gasteiger charge is -2.08. The first-order valence-corrected chi connectivity index (χ1v) is 3.28. The van der Waals surface area contributed by atoms with Gasteiger partial charge in [0.2, 0.25) is 0 Å². The van der Waals surface area contributed by atoms with Gasteiger partial charge in [-0.1, -0.05) is 0 Å². The van der Waals surface area contributed by atoms with Gasteiger partial charge in [0.15, 0.2) is 12.2 Å².